The Morgan fingerprint density at radius 1 is 1.25 bits per heavy atom. The molecule has 5 nitrogen and oxygen atoms in total. The van der Waals surface area contributed by atoms with E-state index in [1.54, 1.807) is 5.32 Å². The number of amides is 1. The Labute approximate surface area is 90.6 Å². The lowest BCUT2D eigenvalue weighted by molar-refractivity contribution is -0.138. The normalized spacial score (nSPS) is 12.6. The number of nitrogens with one attached hydrogen (secondary N) is 2. The lowest BCUT2D eigenvalue weighted by atomic mass is 10.1. The summed E-state index contributed by atoms with van der Waals surface area (Å²) in [6, 6.07) is 0. The molecular formula is C8H15F3N2O3. The number of aliphatic hydroxyl groups excluding tert-OH is 2. The maximum atomic E-state index is 11.7. The van der Waals surface area contributed by atoms with Crippen LogP contribution in [-0.4, -0.2) is 54.1 Å². The lowest BCUT2D eigenvalue weighted by Crippen LogP contribution is -2.52. The van der Waals surface area contributed by atoms with Crippen LogP contribution < -0.4 is 10.6 Å². The smallest absolute Gasteiger partial charge is 0.394 e. The van der Waals surface area contributed by atoms with Crippen LogP contribution in [-0.2, 0) is 4.79 Å². The van der Waals surface area contributed by atoms with Crippen molar-refractivity contribution in [3.05, 3.63) is 0 Å². The topological polar surface area (TPSA) is 81.6 Å². The van der Waals surface area contributed by atoms with Crippen LogP contribution in [0, 0.1) is 0 Å². The van der Waals surface area contributed by atoms with E-state index >= 15 is 0 Å². The summed E-state index contributed by atoms with van der Waals surface area (Å²) in [6.07, 6.45) is -4.45. The number of hydrogen-bond acceptors (Lipinski definition) is 4. The highest BCUT2D eigenvalue weighted by Gasteiger charge is 2.28. The van der Waals surface area contributed by atoms with Gasteiger partial charge in [0.15, 0.2) is 0 Å². The summed E-state index contributed by atoms with van der Waals surface area (Å²) in [5.41, 5.74) is -1.09. The van der Waals surface area contributed by atoms with Gasteiger partial charge in [-0.15, -0.1) is 0 Å². The van der Waals surface area contributed by atoms with Gasteiger partial charge in [0.05, 0.1) is 25.3 Å². The third-order valence-corrected chi connectivity index (χ3v) is 1.86. The Balaban J connectivity index is 3.90. The summed E-state index contributed by atoms with van der Waals surface area (Å²) in [5.74, 6) is -0.856. The largest absolute Gasteiger partial charge is 0.405 e. The molecule has 0 heterocycles. The summed E-state index contributed by atoms with van der Waals surface area (Å²) in [6.45, 7) is -1.24. The van der Waals surface area contributed by atoms with Crippen LogP contribution in [0.25, 0.3) is 0 Å². The quantitative estimate of drug-likeness (QED) is 0.483. The molecule has 0 radical (unpaired) electrons. The molecule has 0 aromatic carbocycles. The molecule has 0 aromatic rings. The van der Waals surface area contributed by atoms with Crippen molar-refractivity contribution >= 4 is 5.91 Å². The van der Waals surface area contributed by atoms with Gasteiger partial charge >= 0.3 is 6.18 Å². The number of carbonyl (C=O) groups is 1. The van der Waals surface area contributed by atoms with Gasteiger partial charge in [0, 0.05) is 0 Å². The summed E-state index contributed by atoms with van der Waals surface area (Å²) in [4.78, 5) is 10.9. The molecule has 1 amide bonds. The van der Waals surface area contributed by atoms with Crippen LogP contribution in [0.1, 0.15) is 6.92 Å². The molecule has 0 atom stereocenters. The van der Waals surface area contributed by atoms with Crippen molar-refractivity contribution in [2.75, 3.05) is 26.3 Å². The fourth-order valence-electron chi connectivity index (χ4n) is 0.717. The molecule has 0 saturated carbocycles. The van der Waals surface area contributed by atoms with Gasteiger partial charge in [-0.2, -0.15) is 13.2 Å². The van der Waals surface area contributed by atoms with Gasteiger partial charge in [0.25, 0.3) is 0 Å². The molecule has 0 saturated heterocycles. The Kier molecular flexibility index (Phi) is 5.70. The van der Waals surface area contributed by atoms with E-state index in [2.05, 4.69) is 5.32 Å². The molecule has 0 fully saturated rings. The van der Waals surface area contributed by atoms with E-state index in [9.17, 15) is 18.0 Å². The molecule has 0 aliphatic rings. The maximum absolute atomic E-state index is 11.7. The number of alkyl halides is 3. The predicted molar refractivity (Wildman–Crippen MR) is 49.6 cm³/mol. The lowest BCUT2D eigenvalue weighted by Gasteiger charge is -2.25. The van der Waals surface area contributed by atoms with Crippen molar-refractivity contribution in [2.45, 2.75) is 18.6 Å². The molecule has 0 unspecified atom stereocenters. The summed E-state index contributed by atoms with van der Waals surface area (Å²) in [7, 11) is 0. The van der Waals surface area contributed by atoms with Crippen LogP contribution in [0.5, 0.6) is 0 Å². The predicted octanol–water partition coefficient (Wildman–Crippen LogP) is -1.00. The SMILES string of the molecule is CC(CO)(CO)NCC(=O)NCC(F)(F)F. The molecule has 0 spiro atoms. The second kappa shape index (κ2) is 6.02. The number of hydrogen-bond donors (Lipinski definition) is 4. The standard InChI is InChI=1S/C8H15F3N2O3/c1-7(4-14,5-15)13-2-6(16)12-3-8(9,10)11/h13-15H,2-5H2,1H3,(H,12,16). The van der Waals surface area contributed by atoms with Gasteiger partial charge in [-0.05, 0) is 6.92 Å². The minimum atomic E-state index is -4.45. The molecule has 8 heteroatoms. The van der Waals surface area contributed by atoms with Crippen LogP contribution in [0.3, 0.4) is 0 Å². The van der Waals surface area contributed by atoms with Gasteiger partial charge in [-0.1, -0.05) is 0 Å². The Morgan fingerprint density at radius 3 is 2.12 bits per heavy atom. The Hall–Kier alpha value is -0.860. The summed E-state index contributed by atoms with van der Waals surface area (Å²) >= 11 is 0. The first kappa shape index (κ1) is 15.1. The Bertz CT molecular complexity index is 229. The van der Waals surface area contributed by atoms with E-state index in [4.69, 9.17) is 10.2 Å². The zero-order valence-corrected chi connectivity index (χ0v) is 8.76. The highest BCUT2D eigenvalue weighted by Crippen LogP contribution is 2.11. The first-order valence-electron chi connectivity index (χ1n) is 4.52. The van der Waals surface area contributed by atoms with Crippen molar-refractivity contribution in [1.82, 2.24) is 10.6 Å². The van der Waals surface area contributed by atoms with Gasteiger partial charge in [-0.3, -0.25) is 10.1 Å². The highest BCUT2D eigenvalue weighted by molar-refractivity contribution is 5.78. The fourth-order valence-corrected chi connectivity index (χ4v) is 0.717. The van der Waals surface area contributed by atoms with Crippen LogP contribution in [0.15, 0.2) is 0 Å². The number of halogens is 3. The van der Waals surface area contributed by atoms with E-state index in [0.29, 0.717) is 0 Å². The molecule has 96 valence electrons. The van der Waals surface area contributed by atoms with Crippen LogP contribution >= 0.6 is 0 Å². The molecule has 0 aliphatic carbocycles. The minimum absolute atomic E-state index is 0.409. The van der Waals surface area contributed by atoms with Gasteiger partial charge in [-0.25, -0.2) is 0 Å². The van der Waals surface area contributed by atoms with Crippen LogP contribution in [0.2, 0.25) is 0 Å². The van der Waals surface area contributed by atoms with Crippen molar-refractivity contribution < 1.29 is 28.2 Å². The fraction of sp³-hybridized carbons (Fsp3) is 0.875. The highest BCUT2D eigenvalue weighted by atomic mass is 19.4. The second-order valence-electron chi connectivity index (χ2n) is 3.62. The average Bonchev–Trinajstić information content (AvgIpc) is 2.22. The molecular weight excluding hydrogens is 229 g/mol. The van der Waals surface area contributed by atoms with Crippen molar-refractivity contribution in [3.63, 3.8) is 0 Å². The average molecular weight is 244 g/mol. The number of rotatable bonds is 6. The summed E-state index contributed by atoms with van der Waals surface area (Å²) < 4.78 is 35.1. The van der Waals surface area contributed by atoms with E-state index in [-0.39, 0.29) is 0 Å². The maximum Gasteiger partial charge on any atom is 0.405 e. The molecule has 4 N–H and O–H groups in total. The molecule has 0 aliphatic heterocycles. The minimum Gasteiger partial charge on any atom is -0.394 e. The number of aliphatic hydroxyl groups is 2. The molecule has 0 aromatic heterocycles. The van der Waals surface area contributed by atoms with Gasteiger partial charge in [0.1, 0.15) is 6.54 Å². The molecule has 0 rings (SSSR count). The zero-order chi connectivity index (χ0) is 12.8. The van der Waals surface area contributed by atoms with Crippen molar-refractivity contribution in [2.24, 2.45) is 0 Å². The molecule has 16 heavy (non-hydrogen) atoms. The zero-order valence-electron chi connectivity index (χ0n) is 8.76. The van der Waals surface area contributed by atoms with Crippen molar-refractivity contribution in [1.29, 1.82) is 0 Å². The first-order chi connectivity index (χ1) is 7.22. The molecule has 0 bridgehead atoms. The van der Waals surface area contributed by atoms with E-state index < -0.39 is 43.9 Å². The monoisotopic (exact) mass is 244 g/mol. The van der Waals surface area contributed by atoms with Gasteiger partial charge in [0.2, 0.25) is 5.91 Å². The number of carbonyl (C=O) groups excluding carboxylic acids is 1. The second-order valence-corrected chi connectivity index (χ2v) is 3.62. The van der Waals surface area contributed by atoms with E-state index in [1.807, 2.05) is 0 Å². The van der Waals surface area contributed by atoms with Crippen LogP contribution in [0.4, 0.5) is 13.2 Å². The van der Waals surface area contributed by atoms with E-state index in [1.165, 1.54) is 6.92 Å². The first-order valence-corrected chi connectivity index (χ1v) is 4.52. The van der Waals surface area contributed by atoms with Gasteiger partial charge < -0.3 is 15.5 Å². The third-order valence-electron chi connectivity index (χ3n) is 1.86. The Morgan fingerprint density at radius 2 is 1.75 bits per heavy atom. The summed E-state index contributed by atoms with van der Waals surface area (Å²) in [5, 5.41) is 21.8. The third kappa shape index (κ3) is 6.59. The van der Waals surface area contributed by atoms with Crippen molar-refractivity contribution in [3.8, 4) is 0 Å². The van der Waals surface area contributed by atoms with E-state index in [0.717, 1.165) is 0 Å².